The topological polar surface area (TPSA) is 59.8 Å². The summed E-state index contributed by atoms with van der Waals surface area (Å²) in [5, 5.41) is 13.6. The molecule has 0 atom stereocenters. The Bertz CT molecular complexity index is 994. The second-order valence-corrected chi connectivity index (χ2v) is 8.99. The lowest BCUT2D eigenvalue weighted by atomic mass is 10.2. The maximum atomic E-state index is 11.8. The quantitative estimate of drug-likeness (QED) is 0.256. The summed E-state index contributed by atoms with van der Waals surface area (Å²) in [6, 6.07) is 15.4. The van der Waals surface area contributed by atoms with Gasteiger partial charge in [-0.25, -0.2) is 0 Å². The average molecular weight is 477 g/mol. The molecular weight excluding hydrogens is 451 g/mol. The van der Waals surface area contributed by atoms with Crippen LogP contribution in [0.5, 0.6) is 0 Å². The molecule has 8 heteroatoms. The number of carbonyl (C=O) groups excluding carboxylic acids is 1. The van der Waals surface area contributed by atoms with Gasteiger partial charge in [-0.2, -0.15) is 0 Å². The zero-order valence-electron chi connectivity index (χ0n) is 17.5. The van der Waals surface area contributed by atoms with Crippen LogP contribution in [0, 0.1) is 0 Å². The number of aromatic nitrogens is 3. The van der Waals surface area contributed by atoms with Crippen LogP contribution in [0.4, 0.5) is 0 Å². The van der Waals surface area contributed by atoms with E-state index < -0.39 is 0 Å². The van der Waals surface area contributed by atoms with Crippen molar-refractivity contribution in [2.45, 2.75) is 44.2 Å². The molecule has 3 rings (SSSR count). The van der Waals surface area contributed by atoms with E-state index in [1.165, 1.54) is 0 Å². The minimum Gasteiger partial charge on any atom is -0.356 e. The van der Waals surface area contributed by atoms with Gasteiger partial charge in [0, 0.05) is 24.3 Å². The number of benzene rings is 2. The van der Waals surface area contributed by atoms with Crippen molar-refractivity contribution in [2.24, 2.45) is 0 Å². The fraction of sp³-hybridized carbons (Fsp3) is 0.348. The Morgan fingerprint density at radius 3 is 2.58 bits per heavy atom. The zero-order chi connectivity index (χ0) is 22.1. The summed E-state index contributed by atoms with van der Waals surface area (Å²) in [5.74, 6) is 1.72. The molecule has 1 aromatic heterocycles. The predicted molar refractivity (Wildman–Crippen MR) is 129 cm³/mol. The molecule has 0 fully saturated rings. The number of nitrogens with zero attached hydrogens (tertiary/aromatic N) is 3. The number of unbranched alkanes of at least 4 members (excludes halogenated alkanes) is 2. The standard InChI is InChI=1S/C23H26Cl2N4OS/c1-2-3-14-26-21(30)11-7-8-15-31-23-28-27-22(17-9-5-4-6-10-17)29(23)18-12-13-19(24)20(25)16-18/h4-6,9-10,12-13,16H,2-3,7-8,11,14-15H2,1H3,(H,26,30). The lowest BCUT2D eigenvalue weighted by Gasteiger charge is -2.11. The first kappa shape index (κ1) is 23.6. The van der Waals surface area contributed by atoms with Crippen LogP contribution in [0.3, 0.4) is 0 Å². The number of halogens is 2. The molecule has 5 nitrogen and oxygen atoms in total. The smallest absolute Gasteiger partial charge is 0.219 e. The van der Waals surface area contributed by atoms with Gasteiger partial charge >= 0.3 is 0 Å². The van der Waals surface area contributed by atoms with Gasteiger partial charge in [0.15, 0.2) is 11.0 Å². The maximum Gasteiger partial charge on any atom is 0.219 e. The summed E-state index contributed by atoms with van der Waals surface area (Å²) in [6.07, 6.45) is 4.42. The highest BCUT2D eigenvalue weighted by Gasteiger charge is 2.17. The van der Waals surface area contributed by atoms with E-state index in [4.69, 9.17) is 23.2 Å². The number of amides is 1. The fourth-order valence-corrected chi connectivity index (χ4v) is 4.28. The van der Waals surface area contributed by atoms with Gasteiger partial charge in [0.2, 0.25) is 5.91 Å². The third kappa shape index (κ3) is 6.73. The lowest BCUT2D eigenvalue weighted by Crippen LogP contribution is -2.23. The second-order valence-electron chi connectivity index (χ2n) is 7.12. The van der Waals surface area contributed by atoms with E-state index >= 15 is 0 Å². The number of nitrogens with one attached hydrogen (secondary N) is 1. The molecular formula is C23H26Cl2N4OS. The van der Waals surface area contributed by atoms with Gasteiger partial charge in [-0.1, -0.05) is 78.6 Å². The molecule has 0 saturated carbocycles. The molecule has 164 valence electrons. The monoisotopic (exact) mass is 476 g/mol. The third-order valence-corrected chi connectivity index (χ3v) is 6.46. The van der Waals surface area contributed by atoms with Crippen molar-refractivity contribution >= 4 is 40.9 Å². The summed E-state index contributed by atoms with van der Waals surface area (Å²) in [4.78, 5) is 11.8. The van der Waals surface area contributed by atoms with Crippen molar-refractivity contribution in [3.05, 3.63) is 58.6 Å². The van der Waals surface area contributed by atoms with Gasteiger partial charge in [-0.15, -0.1) is 10.2 Å². The number of hydrogen-bond donors (Lipinski definition) is 1. The Kier molecular flexibility index (Phi) is 9.25. The minimum absolute atomic E-state index is 0.129. The van der Waals surface area contributed by atoms with E-state index in [1.807, 2.05) is 47.0 Å². The van der Waals surface area contributed by atoms with E-state index in [1.54, 1.807) is 17.8 Å². The van der Waals surface area contributed by atoms with Crippen molar-refractivity contribution in [1.29, 1.82) is 0 Å². The Hall–Kier alpha value is -2.02. The number of carbonyl (C=O) groups is 1. The van der Waals surface area contributed by atoms with Gasteiger partial charge in [0.1, 0.15) is 0 Å². The van der Waals surface area contributed by atoms with E-state index in [0.29, 0.717) is 16.5 Å². The Labute approximate surface area is 197 Å². The number of thioether (sulfide) groups is 1. The molecule has 0 unspecified atom stereocenters. The predicted octanol–water partition coefficient (Wildman–Crippen LogP) is 6.42. The number of hydrogen-bond acceptors (Lipinski definition) is 4. The van der Waals surface area contributed by atoms with Gasteiger partial charge in [-0.05, 0) is 37.5 Å². The van der Waals surface area contributed by atoms with Crippen LogP contribution in [0.2, 0.25) is 10.0 Å². The summed E-state index contributed by atoms with van der Waals surface area (Å²) in [5.41, 5.74) is 1.83. The van der Waals surface area contributed by atoms with Crippen LogP contribution in [0.15, 0.2) is 53.7 Å². The average Bonchev–Trinajstić information content (AvgIpc) is 3.20. The maximum absolute atomic E-state index is 11.8. The van der Waals surface area contributed by atoms with Crippen LogP contribution in [0.1, 0.15) is 39.0 Å². The van der Waals surface area contributed by atoms with Crippen LogP contribution in [0.25, 0.3) is 17.1 Å². The summed E-state index contributed by atoms with van der Waals surface area (Å²) in [6.45, 7) is 2.88. The van der Waals surface area contributed by atoms with Crippen LogP contribution in [-0.2, 0) is 4.79 Å². The Balaban J connectivity index is 1.68. The zero-order valence-corrected chi connectivity index (χ0v) is 19.8. The summed E-state index contributed by atoms with van der Waals surface area (Å²) in [7, 11) is 0. The van der Waals surface area contributed by atoms with Gasteiger partial charge in [0.25, 0.3) is 0 Å². The highest BCUT2D eigenvalue weighted by atomic mass is 35.5. The molecule has 0 radical (unpaired) electrons. The molecule has 2 aromatic carbocycles. The van der Waals surface area contributed by atoms with Crippen LogP contribution in [-0.4, -0.2) is 33.0 Å². The summed E-state index contributed by atoms with van der Waals surface area (Å²) < 4.78 is 2.00. The minimum atomic E-state index is 0.129. The molecule has 0 aliphatic heterocycles. The van der Waals surface area contributed by atoms with Gasteiger partial charge in [-0.3, -0.25) is 9.36 Å². The molecule has 0 saturated heterocycles. The summed E-state index contributed by atoms with van der Waals surface area (Å²) >= 11 is 14.0. The molecule has 0 bridgehead atoms. The van der Waals surface area contributed by atoms with Gasteiger partial charge < -0.3 is 5.32 Å². The normalized spacial score (nSPS) is 10.9. The molecule has 31 heavy (non-hydrogen) atoms. The first-order valence-electron chi connectivity index (χ1n) is 10.5. The van der Waals surface area contributed by atoms with E-state index in [9.17, 15) is 4.79 Å². The van der Waals surface area contributed by atoms with E-state index in [2.05, 4.69) is 22.4 Å². The molecule has 0 spiro atoms. The molecule has 0 aliphatic carbocycles. The highest BCUT2D eigenvalue weighted by Crippen LogP contribution is 2.31. The van der Waals surface area contributed by atoms with Crippen molar-refractivity contribution < 1.29 is 4.79 Å². The van der Waals surface area contributed by atoms with Crippen molar-refractivity contribution in [1.82, 2.24) is 20.1 Å². The van der Waals surface area contributed by atoms with Crippen LogP contribution < -0.4 is 5.32 Å². The van der Waals surface area contributed by atoms with Crippen molar-refractivity contribution in [3.63, 3.8) is 0 Å². The molecule has 0 aliphatic rings. The Morgan fingerprint density at radius 1 is 1.03 bits per heavy atom. The Morgan fingerprint density at radius 2 is 1.84 bits per heavy atom. The van der Waals surface area contributed by atoms with Gasteiger partial charge in [0.05, 0.1) is 15.7 Å². The molecule has 1 heterocycles. The second kappa shape index (κ2) is 12.1. The van der Waals surface area contributed by atoms with E-state index in [0.717, 1.165) is 60.2 Å². The first-order valence-corrected chi connectivity index (χ1v) is 12.2. The molecule has 1 N–H and O–H groups in total. The molecule has 1 amide bonds. The van der Waals surface area contributed by atoms with Crippen LogP contribution >= 0.6 is 35.0 Å². The highest BCUT2D eigenvalue weighted by molar-refractivity contribution is 7.99. The SMILES string of the molecule is CCCCNC(=O)CCCCSc1nnc(-c2ccccc2)n1-c1ccc(Cl)c(Cl)c1. The largest absolute Gasteiger partial charge is 0.356 e. The third-order valence-electron chi connectivity index (χ3n) is 4.71. The fourth-order valence-electron chi connectivity index (χ4n) is 3.04. The van der Waals surface area contributed by atoms with E-state index in [-0.39, 0.29) is 5.91 Å². The van der Waals surface area contributed by atoms with Crippen molar-refractivity contribution in [3.8, 4) is 17.1 Å². The number of rotatable bonds is 11. The van der Waals surface area contributed by atoms with Crippen molar-refractivity contribution in [2.75, 3.05) is 12.3 Å². The molecule has 3 aromatic rings. The first-order chi connectivity index (χ1) is 15.1. The lowest BCUT2D eigenvalue weighted by molar-refractivity contribution is -0.121.